The predicted octanol–water partition coefficient (Wildman–Crippen LogP) is 7.77. The van der Waals surface area contributed by atoms with E-state index in [1.54, 1.807) is 0 Å². The lowest BCUT2D eigenvalue weighted by Crippen LogP contribution is -2.09. The van der Waals surface area contributed by atoms with E-state index < -0.39 is 0 Å². The van der Waals surface area contributed by atoms with Gasteiger partial charge in [-0.15, -0.1) is 0 Å². The third-order valence-corrected chi connectivity index (χ3v) is 5.55. The molecule has 0 aliphatic heterocycles. The summed E-state index contributed by atoms with van der Waals surface area (Å²) in [5.41, 5.74) is 0.849. The summed E-state index contributed by atoms with van der Waals surface area (Å²) >= 11 is 0. The van der Waals surface area contributed by atoms with Crippen molar-refractivity contribution in [1.29, 1.82) is 0 Å². The van der Waals surface area contributed by atoms with Crippen LogP contribution in [0.15, 0.2) is 54.6 Å². The maximum absolute atomic E-state index is 12.0. The molecule has 0 saturated carbocycles. The molecule has 0 atom stereocenters. The predicted molar refractivity (Wildman–Crippen MR) is 135 cm³/mol. The van der Waals surface area contributed by atoms with Crippen molar-refractivity contribution in [1.82, 2.24) is 0 Å². The first-order valence-corrected chi connectivity index (χ1v) is 12.8. The van der Waals surface area contributed by atoms with Crippen LogP contribution >= 0.6 is 0 Å². The molecule has 0 aromatic heterocycles. The number of rotatable bonds is 18. The van der Waals surface area contributed by atoms with Crippen LogP contribution in [0.5, 0.6) is 11.5 Å². The normalized spacial score (nSPS) is 10.6. The summed E-state index contributed by atoms with van der Waals surface area (Å²) in [4.78, 5) is 23.9. The molecule has 5 nitrogen and oxygen atoms in total. The largest absolute Gasteiger partial charge is 0.466 e. The molecule has 0 bridgehead atoms. The van der Waals surface area contributed by atoms with Crippen molar-refractivity contribution in [3.63, 3.8) is 0 Å². The number of ether oxygens (including phenoxy) is 3. The van der Waals surface area contributed by atoms with E-state index >= 15 is 0 Å². The molecule has 0 N–H and O–H groups in total. The molecular weight excluding hydrogens is 428 g/mol. The molecule has 0 amide bonds. The van der Waals surface area contributed by atoms with E-state index in [9.17, 15) is 9.59 Å². The lowest BCUT2D eigenvalue weighted by molar-refractivity contribution is -0.146. The van der Waals surface area contributed by atoms with Crippen molar-refractivity contribution in [3.05, 3.63) is 60.2 Å². The Kier molecular flexibility index (Phi) is 14.2. The van der Waals surface area contributed by atoms with Crippen LogP contribution < -0.4 is 4.74 Å². The van der Waals surface area contributed by atoms with Crippen LogP contribution in [0.3, 0.4) is 0 Å². The van der Waals surface area contributed by atoms with Gasteiger partial charge in [0.05, 0.1) is 6.61 Å². The molecule has 186 valence electrons. The fourth-order valence-electron chi connectivity index (χ4n) is 3.61. The molecule has 2 aromatic carbocycles. The Bertz CT molecular complexity index is 818. The number of hydrogen-bond acceptors (Lipinski definition) is 5. The van der Waals surface area contributed by atoms with E-state index in [-0.39, 0.29) is 31.4 Å². The summed E-state index contributed by atoms with van der Waals surface area (Å²) in [5, 5.41) is 0. The number of benzene rings is 2. The van der Waals surface area contributed by atoms with Gasteiger partial charge < -0.3 is 14.2 Å². The van der Waals surface area contributed by atoms with E-state index in [1.165, 1.54) is 44.9 Å². The monoisotopic (exact) mass is 468 g/mol. The minimum atomic E-state index is -0.318. The van der Waals surface area contributed by atoms with Crippen LogP contribution in [-0.2, 0) is 25.7 Å². The Morgan fingerprint density at radius 3 is 1.97 bits per heavy atom. The fraction of sp³-hybridized carbons (Fsp3) is 0.517. The minimum absolute atomic E-state index is 0.174. The van der Waals surface area contributed by atoms with Crippen molar-refractivity contribution in [2.45, 2.75) is 90.6 Å². The third-order valence-electron chi connectivity index (χ3n) is 5.55. The molecule has 5 heteroatoms. The highest BCUT2D eigenvalue weighted by Gasteiger charge is 2.08. The van der Waals surface area contributed by atoms with Crippen molar-refractivity contribution in [2.75, 3.05) is 6.61 Å². The first kappa shape index (κ1) is 27.4. The maximum Gasteiger partial charge on any atom is 0.306 e. The van der Waals surface area contributed by atoms with Crippen molar-refractivity contribution < 1.29 is 23.8 Å². The molecule has 2 rings (SSSR count). The molecule has 0 aliphatic carbocycles. The van der Waals surface area contributed by atoms with Crippen LogP contribution in [0.2, 0.25) is 0 Å². The fourth-order valence-corrected chi connectivity index (χ4v) is 3.61. The average molecular weight is 469 g/mol. The molecule has 2 aromatic rings. The molecule has 0 fully saturated rings. The first-order valence-electron chi connectivity index (χ1n) is 12.8. The minimum Gasteiger partial charge on any atom is -0.466 e. The highest BCUT2D eigenvalue weighted by molar-refractivity contribution is 5.72. The number of para-hydroxylation sites is 1. The molecular formula is C29H40O5. The van der Waals surface area contributed by atoms with Gasteiger partial charge in [0.25, 0.3) is 0 Å². The summed E-state index contributed by atoms with van der Waals surface area (Å²) < 4.78 is 16.4. The lowest BCUT2D eigenvalue weighted by Gasteiger charge is -2.09. The van der Waals surface area contributed by atoms with E-state index in [2.05, 4.69) is 6.92 Å². The van der Waals surface area contributed by atoms with Gasteiger partial charge >= 0.3 is 11.9 Å². The van der Waals surface area contributed by atoms with E-state index in [0.717, 1.165) is 24.2 Å². The zero-order valence-corrected chi connectivity index (χ0v) is 20.6. The smallest absolute Gasteiger partial charge is 0.306 e. The van der Waals surface area contributed by atoms with Gasteiger partial charge in [-0.05, 0) is 42.7 Å². The van der Waals surface area contributed by atoms with Gasteiger partial charge in [0.15, 0.2) is 0 Å². The number of carbonyl (C=O) groups is 2. The number of hydrogen-bond donors (Lipinski definition) is 0. The zero-order chi connectivity index (χ0) is 24.3. The molecule has 0 spiro atoms. The second-order valence-corrected chi connectivity index (χ2v) is 8.63. The molecule has 0 aliphatic rings. The van der Waals surface area contributed by atoms with Crippen LogP contribution in [0.25, 0.3) is 0 Å². The summed E-state index contributed by atoms with van der Waals surface area (Å²) in [7, 11) is 0. The average Bonchev–Trinajstić information content (AvgIpc) is 2.85. The SMILES string of the molecule is CCCCCCCCCCCOC(=O)CCCC(=O)OCc1cccc(Oc2ccccc2)c1. The first-order chi connectivity index (χ1) is 16.7. The highest BCUT2D eigenvalue weighted by atomic mass is 16.5. The van der Waals surface area contributed by atoms with Gasteiger partial charge in [-0.1, -0.05) is 88.6 Å². The van der Waals surface area contributed by atoms with Crippen LogP contribution in [0.4, 0.5) is 0 Å². The summed E-state index contributed by atoms with van der Waals surface area (Å²) in [6, 6.07) is 17.0. The van der Waals surface area contributed by atoms with Crippen LogP contribution in [0.1, 0.15) is 89.5 Å². The Hall–Kier alpha value is -2.82. The molecule has 0 radical (unpaired) electrons. The number of unbranched alkanes of at least 4 members (excludes halogenated alkanes) is 8. The molecule has 0 saturated heterocycles. The lowest BCUT2D eigenvalue weighted by atomic mass is 10.1. The van der Waals surface area contributed by atoms with E-state index in [1.807, 2.05) is 54.6 Å². The summed E-state index contributed by atoms with van der Waals surface area (Å²) in [6.07, 6.45) is 12.0. The standard InChI is InChI=1S/C29H40O5/c1-2-3-4-5-6-7-8-9-13-22-32-28(30)20-15-21-29(31)33-24-25-16-14-19-27(23-25)34-26-17-11-10-12-18-26/h10-12,14,16-19,23H,2-9,13,15,20-22,24H2,1H3. The number of esters is 2. The van der Waals surface area contributed by atoms with Crippen molar-refractivity contribution in [2.24, 2.45) is 0 Å². The maximum atomic E-state index is 12.0. The Morgan fingerprint density at radius 2 is 1.26 bits per heavy atom. The van der Waals surface area contributed by atoms with Gasteiger partial charge in [0, 0.05) is 12.8 Å². The molecule has 0 unspecified atom stereocenters. The van der Waals surface area contributed by atoms with Gasteiger partial charge in [-0.2, -0.15) is 0 Å². The quantitative estimate of drug-likeness (QED) is 0.165. The number of carbonyl (C=O) groups excluding carboxylic acids is 2. The topological polar surface area (TPSA) is 61.8 Å². The summed E-state index contributed by atoms with van der Waals surface area (Å²) in [5.74, 6) is 0.884. The van der Waals surface area contributed by atoms with Gasteiger partial charge in [0.1, 0.15) is 18.1 Å². The van der Waals surface area contributed by atoms with Gasteiger partial charge in [0.2, 0.25) is 0 Å². The Morgan fingerprint density at radius 1 is 0.647 bits per heavy atom. The van der Waals surface area contributed by atoms with Gasteiger partial charge in [-0.3, -0.25) is 9.59 Å². The molecule has 0 heterocycles. The Balaban J connectivity index is 1.49. The van der Waals surface area contributed by atoms with Crippen molar-refractivity contribution >= 4 is 11.9 Å². The highest BCUT2D eigenvalue weighted by Crippen LogP contribution is 2.22. The van der Waals surface area contributed by atoms with Gasteiger partial charge in [-0.25, -0.2) is 0 Å². The van der Waals surface area contributed by atoms with Crippen LogP contribution in [-0.4, -0.2) is 18.5 Å². The van der Waals surface area contributed by atoms with Crippen LogP contribution in [0, 0.1) is 0 Å². The van der Waals surface area contributed by atoms with E-state index in [0.29, 0.717) is 18.8 Å². The second-order valence-electron chi connectivity index (χ2n) is 8.63. The molecule has 34 heavy (non-hydrogen) atoms. The van der Waals surface area contributed by atoms with Crippen molar-refractivity contribution in [3.8, 4) is 11.5 Å². The second kappa shape index (κ2) is 17.6. The third kappa shape index (κ3) is 13.0. The Labute approximate surface area is 204 Å². The summed E-state index contributed by atoms with van der Waals surface area (Å²) in [6.45, 7) is 2.88. The zero-order valence-electron chi connectivity index (χ0n) is 20.6. The van der Waals surface area contributed by atoms with E-state index in [4.69, 9.17) is 14.2 Å².